The van der Waals surface area contributed by atoms with Gasteiger partial charge in [0.2, 0.25) is 11.8 Å². The monoisotopic (exact) mass is 729 g/mol. The van der Waals surface area contributed by atoms with Gasteiger partial charge in [0, 0.05) is 28.5 Å². The highest BCUT2D eigenvalue weighted by Crippen LogP contribution is 2.33. The molecular formula is C36H38Cl3N3O5S. The molecule has 4 aromatic carbocycles. The van der Waals surface area contributed by atoms with Crippen molar-refractivity contribution in [1.29, 1.82) is 0 Å². The molecule has 0 fully saturated rings. The Labute approximate surface area is 297 Å². The van der Waals surface area contributed by atoms with Crippen LogP contribution in [0.5, 0.6) is 5.75 Å². The van der Waals surface area contributed by atoms with Gasteiger partial charge in [0.25, 0.3) is 10.0 Å². The molecule has 0 saturated heterocycles. The molecule has 8 nitrogen and oxygen atoms in total. The summed E-state index contributed by atoms with van der Waals surface area (Å²) in [5.41, 5.74) is 1.70. The third-order valence-corrected chi connectivity index (χ3v) is 10.1. The van der Waals surface area contributed by atoms with E-state index in [4.69, 9.17) is 39.5 Å². The second-order valence-electron chi connectivity index (χ2n) is 12.3. The first kappa shape index (κ1) is 37.1. The molecule has 4 aromatic rings. The van der Waals surface area contributed by atoms with Crippen LogP contribution in [0, 0.1) is 6.92 Å². The highest BCUT2D eigenvalue weighted by molar-refractivity contribution is 7.92. The molecule has 1 N–H and O–H groups in total. The van der Waals surface area contributed by atoms with Crippen molar-refractivity contribution in [2.75, 3.05) is 18.0 Å². The number of methoxy groups -OCH3 is 1. The highest BCUT2D eigenvalue weighted by atomic mass is 35.5. The fraction of sp³-hybridized carbons (Fsp3) is 0.278. The van der Waals surface area contributed by atoms with Crippen LogP contribution in [0.3, 0.4) is 0 Å². The number of halogens is 3. The van der Waals surface area contributed by atoms with Crippen molar-refractivity contribution in [1.82, 2.24) is 10.2 Å². The number of nitrogens with one attached hydrogen (secondary N) is 1. The van der Waals surface area contributed by atoms with Gasteiger partial charge in [-0.15, -0.1) is 0 Å². The van der Waals surface area contributed by atoms with Crippen LogP contribution < -0.4 is 14.4 Å². The van der Waals surface area contributed by atoms with Gasteiger partial charge in [-0.25, -0.2) is 8.42 Å². The molecule has 1 atom stereocenters. The SMILES string of the molecule is COc1ccc(N(CC(=O)N(Cc2ccc(Cl)cc2Cl)[C@@H](Cc2ccccc2)C(=O)NC(C)(C)C)S(=O)(=O)c2ccc(C)cc2)cc1Cl. The average Bonchev–Trinajstić information content (AvgIpc) is 3.02. The molecule has 0 bridgehead atoms. The van der Waals surface area contributed by atoms with Crippen molar-refractivity contribution in [2.24, 2.45) is 0 Å². The zero-order chi connectivity index (χ0) is 35.2. The van der Waals surface area contributed by atoms with Crippen LogP contribution in [0.1, 0.15) is 37.5 Å². The Morgan fingerprint density at radius 3 is 2.12 bits per heavy atom. The Morgan fingerprint density at radius 2 is 1.54 bits per heavy atom. The number of nitrogens with zero attached hydrogens (tertiary/aromatic N) is 2. The van der Waals surface area contributed by atoms with E-state index in [9.17, 15) is 18.0 Å². The Bertz CT molecular complexity index is 1860. The summed E-state index contributed by atoms with van der Waals surface area (Å²) in [4.78, 5) is 30.0. The lowest BCUT2D eigenvalue weighted by Gasteiger charge is -2.35. The van der Waals surface area contributed by atoms with Gasteiger partial charge in [0.1, 0.15) is 18.3 Å². The first-order chi connectivity index (χ1) is 22.6. The molecule has 254 valence electrons. The number of sulfonamides is 1. The van der Waals surface area contributed by atoms with Crippen LogP contribution >= 0.6 is 34.8 Å². The molecule has 0 radical (unpaired) electrons. The molecule has 48 heavy (non-hydrogen) atoms. The second-order valence-corrected chi connectivity index (χ2v) is 15.5. The summed E-state index contributed by atoms with van der Waals surface area (Å²) >= 11 is 19.2. The van der Waals surface area contributed by atoms with E-state index < -0.39 is 40.0 Å². The topological polar surface area (TPSA) is 96.0 Å². The number of carbonyl (C=O) groups is 2. The maximum absolute atomic E-state index is 14.7. The molecule has 0 aliphatic carbocycles. The molecule has 2 amide bonds. The van der Waals surface area contributed by atoms with Crippen molar-refractivity contribution < 1.29 is 22.7 Å². The van der Waals surface area contributed by atoms with Gasteiger partial charge in [0.15, 0.2) is 0 Å². The van der Waals surface area contributed by atoms with Crippen LogP contribution in [-0.2, 0) is 32.6 Å². The fourth-order valence-corrected chi connectivity index (χ4v) is 7.14. The molecule has 0 aliphatic heterocycles. The lowest BCUT2D eigenvalue weighted by molar-refractivity contribution is -0.140. The number of hydrogen-bond donors (Lipinski definition) is 1. The number of rotatable bonds is 12. The molecule has 0 saturated carbocycles. The van der Waals surface area contributed by atoms with Crippen molar-refractivity contribution in [2.45, 2.75) is 57.1 Å². The van der Waals surface area contributed by atoms with Crippen molar-refractivity contribution >= 4 is 62.3 Å². The molecule has 4 rings (SSSR count). The maximum Gasteiger partial charge on any atom is 0.264 e. The molecule has 0 heterocycles. The predicted octanol–water partition coefficient (Wildman–Crippen LogP) is 7.71. The Morgan fingerprint density at radius 1 is 0.875 bits per heavy atom. The van der Waals surface area contributed by atoms with Crippen LogP contribution in [0.4, 0.5) is 5.69 Å². The van der Waals surface area contributed by atoms with E-state index in [2.05, 4.69) is 5.32 Å². The van der Waals surface area contributed by atoms with Gasteiger partial charge >= 0.3 is 0 Å². The van der Waals surface area contributed by atoms with Crippen molar-refractivity contribution in [3.8, 4) is 5.75 Å². The standard InChI is InChI=1S/C36H38Cl3N3O5S/c1-24-11-16-29(17-12-24)48(45,46)42(28-15-18-33(47-5)31(39)21-28)23-34(43)41(22-26-13-14-27(37)20-30(26)38)32(35(44)40-36(2,3)4)19-25-9-7-6-8-10-25/h6-18,20-21,32H,19,22-23H2,1-5H3,(H,40,44)/t32-/m0/s1. The highest BCUT2D eigenvalue weighted by Gasteiger charge is 2.36. The zero-order valence-corrected chi connectivity index (χ0v) is 30.4. The predicted molar refractivity (Wildman–Crippen MR) is 193 cm³/mol. The third kappa shape index (κ3) is 9.44. The van der Waals surface area contributed by atoms with Crippen molar-refractivity contribution in [3.05, 3.63) is 123 Å². The smallest absolute Gasteiger partial charge is 0.264 e. The Balaban J connectivity index is 1.86. The molecule has 0 aromatic heterocycles. The van der Waals surface area contributed by atoms with Gasteiger partial charge in [-0.3, -0.25) is 13.9 Å². The maximum atomic E-state index is 14.7. The fourth-order valence-electron chi connectivity index (χ4n) is 5.02. The largest absolute Gasteiger partial charge is 0.495 e. The number of benzene rings is 4. The van der Waals surface area contributed by atoms with Gasteiger partial charge in [-0.05, 0) is 81.3 Å². The second kappa shape index (κ2) is 15.6. The summed E-state index contributed by atoms with van der Waals surface area (Å²) in [6.45, 7) is 6.61. The first-order valence-corrected chi connectivity index (χ1v) is 17.7. The minimum atomic E-state index is -4.31. The van der Waals surface area contributed by atoms with Gasteiger partial charge in [-0.2, -0.15) is 0 Å². The summed E-state index contributed by atoms with van der Waals surface area (Å²) in [6.07, 6.45) is 0.152. The van der Waals surface area contributed by atoms with Crippen molar-refractivity contribution in [3.63, 3.8) is 0 Å². The summed E-state index contributed by atoms with van der Waals surface area (Å²) in [5.74, 6) is -0.723. The van der Waals surface area contributed by atoms with E-state index in [1.165, 1.54) is 42.3 Å². The molecule has 12 heteroatoms. The van der Waals surface area contributed by atoms with Gasteiger partial charge < -0.3 is 15.0 Å². The Hall–Kier alpha value is -3.76. The number of hydrogen-bond acceptors (Lipinski definition) is 5. The minimum absolute atomic E-state index is 0.0218. The quantitative estimate of drug-likeness (QED) is 0.161. The molecule has 0 spiro atoms. The van der Waals surface area contributed by atoms with Crippen LogP contribution in [0.25, 0.3) is 0 Å². The first-order valence-electron chi connectivity index (χ1n) is 15.1. The summed E-state index contributed by atoms with van der Waals surface area (Å²) < 4.78 is 34.8. The van der Waals surface area contributed by atoms with E-state index in [0.29, 0.717) is 21.4 Å². The number of amides is 2. The Kier molecular flexibility index (Phi) is 12.1. The normalized spacial score (nSPS) is 12.2. The van der Waals surface area contributed by atoms with E-state index >= 15 is 0 Å². The summed E-state index contributed by atoms with van der Waals surface area (Å²) in [6, 6.07) is 23.9. The van der Waals surface area contributed by atoms with E-state index in [0.717, 1.165) is 15.4 Å². The van der Waals surface area contributed by atoms with E-state index in [1.807, 2.05) is 58.0 Å². The van der Waals surface area contributed by atoms with Crippen LogP contribution in [0.15, 0.2) is 95.9 Å². The third-order valence-electron chi connectivity index (χ3n) is 7.44. The van der Waals surface area contributed by atoms with Gasteiger partial charge in [0.05, 0.1) is 22.7 Å². The minimum Gasteiger partial charge on any atom is -0.495 e. The number of carbonyl (C=O) groups excluding carboxylic acids is 2. The average molecular weight is 731 g/mol. The van der Waals surface area contributed by atoms with Crippen LogP contribution in [-0.4, -0.2) is 50.4 Å². The number of ether oxygens (including phenoxy) is 1. The summed E-state index contributed by atoms with van der Waals surface area (Å²) in [7, 11) is -2.87. The van der Waals surface area contributed by atoms with E-state index in [1.54, 1.807) is 30.3 Å². The molecule has 0 unspecified atom stereocenters. The lowest BCUT2D eigenvalue weighted by atomic mass is 10.0. The number of anilines is 1. The van der Waals surface area contributed by atoms with Crippen LogP contribution in [0.2, 0.25) is 15.1 Å². The van der Waals surface area contributed by atoms with Gasteiger partial charge in [-0.1, -0.05) is 88.9 Å². The summed E-state index contributed by atoms with van der Waals surface area (Å²) in [5, 5.41) is 3.85. The molecule has 0 aliphatic rings. The van der Waals surface area contributed by atoms with E-state index in [-0.39, 0.29) is 28.6 Å². The zero-order valence-electron chi connectivity index (χ0n) is 27.3. The molecular weight excluding hydrogens is 693 g/mol. The number of aryl methyl sites for hydroxylation is 1. The lowest BCUT2D eigenvalue weighted by Crippen LogP contribution is -2.56.